The first-order valence-electron chi connectivity index (χ1n) is 6.11. The van der Waals surface area contributed by atoms with E-state index in [0.717, 1.165) is 6.08 Å². The number of anilines is 1. The van der Waals surface area contributed by atoms with Crippen molar-refractivity contribution in [2.75, 3.05) is 4.90 Å². The minimum atomic E-state index is -5.17. The number of nitro groups is 2. The van der Waals surface area contributed by atoms with Crippen LogP contribution in [0.5, 0.6) is 0 Å². The molecule has 1 unspecified atom stereocenters. The number of rotatable bonds is 3. The monoisotopic (exact) mass is 399 g/mol. The van der Waals surface area contributed by atoms with Crippen molar-refractivity contribution in [2.45, 2.75) is 11.8 Å². The number of halogens is 5. The quantitative estimate of drug-likeness (QED) is 0.359. The zero-order chi connectivity index (χ0) is 19.1. The van der Waals surface area contributed by atoms with Crippen LogP contribution in [0, 0.1) is 20.2 Å². The molecule has 1 heterocycles. The van der Waals surface area contributed by atoms with Gasteiger partial charge >= 0.3 is 11.9 Å². The van der Waals surface area contributed by atoms with Crippen molar-refractivity contribution in [1.82, 2.24) is 0 Å². The smallest absolute Gasteiger partial charge is 0.384 e. The Morgan fingerprint density at radius 3 is 2.28 bits per heavy atom. The number of amidine groups is 1. The molecule has 0 fully saturated rings. The summed E-state index contributed by atoms with van der Waals surface area (Å²) in [5, 5.41) is 21.6. The molecular formula is C11H6Cl2F3N5O4. The summed E-state index contributed by atoms with van der Waals surface area (Å²) >= 11 is 11.6. The van der Waals surface area contributed by atoms with Crippen LogP contribution in [0.25, 0.3) is 0 Å². The van der Waals surface area contributed by atoms with Gasteiger partial charge in [-0.2, -0.15) is 13.2 Å². The number of hydrogen-bond donors (Lipinski definition) is 1. The lowest BCUT2D eigenvalue weighted by molar-refractivity contribution is -0.394. The molecule has 0 saturated carbocycles. The van der Waals surface area contributed by atoms with E-state index >= 15 is 0 Å². The fraction of sp³-hybridized carbons (Fsp3) is 0.182. The molecule has 0 amide bonds. The maximum absolute atomic E-state index is 13.4. The lowest BCUT2D eigenvalue weighted by atomic mass is 10.1. The minimum absolute atomic E-state index is 0.151. The molecule has 9 nitrogen and oxygen atoms in total. The molecule has 1 aromatic carbocycles. The molecule has 0 bridgehead atoms. The largest absolute Gasteiger partial charge is 0.418 e. The van der Waals surface area contributed by atoms with Gasteiger partial charge in [0, 0.05) is 12.1 Å². The van der Waals surface area contributed by atoms with Crippen LogP contribution in [-0.4, -0.2) is 21.3 Å². The molecule has 0 saturated heterocycles. The van der Waals surface area contributed by atoms with Crippen molar-refractivity contribution in [2.24, 2.45) is 10.7 Å². The molecule has 2 rings (SSSR count). The van der Waals surface area contributed by atoms with Gasteiger partial charge in [0.05, 0.1) is 21.5 Å². The van der Waals surface area contributed by atoms with Crippen molar-refractivity contribution in [1.29, 1.82) is 0 Å². The Balaban J connectivity index is 2.86. The Hall–Kier alpha value is -2.60. The second kappa shape index (κ2) is 6.37. The van der Waals surface area contributed by atoms with Crippen LogP contribution in [0.1, 0.15) is 5.56 Å². The van der Waals surface area contributed by atoms with Gasteiger partial charge < -0.3 is 5.73 Å². The normalized spacial score (nSPS) is 17.8. The summed E-state index contributed by atoms with van der Waals surface area (Å²) in [6.07, 6.45) is -4.24. The lowest BCUT2D eigenvalue weighted by Crippen LogP contribution is -2.35. The Morgan fingerprint density at radius 1 is 1.24 bits per heavy atom. The van der Waals surface area contributed by atoms with E-state index in [-0.39, 0.29) is 11.9 Å². The summed E-state index contributed by atoms with van der Waals surface area (Å²) in [6.45, 7) is 0. The van der Waals surface area contributed by atoms with Crippen molar-refractivity contribution in [3.05, 3.63) is 49.2 Å². The van der Waals surface area contributed by atoms with Gasteiger partial charge in [-0.15, -0.1) is 0 Å². The molecule has 14 heteroatoms. The molecule has 1 aliphatic heterocycles. The molecule has 0 spiro atoms. The summed E-state index contributed by atoms with van der Waals surface area (Å²) < 4.78 is 40.1. The van der Waals surface area contributed by atoms with E-state index in [1.165, 1.54) is 0 Å². The first kappa shape index (κ1) is 18.7. The molecule has 2 N–H and O–H groups in total. The Bertz CT molecular complexity index is 827. The number of benzene rings is 1. The number of nitrogens with zero attached hydrogens (tertiary/aromatic N) is 4. The minimum Gasteiger partial charge on any atom is -0.384 e. The molecule has 0 aliphatic carbocycles. The Kier molecular flexibility index (Phi) is 4.77. The molecule has 0 aromatic heterocycles. The van der Waals surface area contributed by atoms with Crippen LogP contribution in [0.3, 0.4) is 0 Å². The van der Waals surface area contributed by atoms with E-state index in [4.69, 9.17) is 28.9 Å². The van der Waals surface area contributed by atoms with Gasteiger partial charge in [-0.1, -0.05) is 23.2 Å². The highest BCUT2D eigenvalue weighted by molar-refractivity contribution is 6.35. The number of alkyl halides is 4. The second-order valence-corrected chi connectivity index (χ2v) is 5.35. The summed E-state index contributed by atoms with van der Waals surface area (Å²) in [4.78, 5) is 23.7. The molecule has 1 aromatic rings. The van der Waals surface area contributed by atoms with E-state index in [0.29, 0.717) is 11.0 Å². The maximum atomic E-state index is 13.4. The highest BCUT2D eigenvalue weighted by Crippen LogP contribution is 2.47. The van der Waals surface area contributed by atoms with Crippen LogP contribution in [-0.2, 0) is 6.18 Å². The van der Waals surface area contributed by atoms with Gasteiger partial charge in [-0.3, -0.25) is 25.1 Å². The van der Waals surface area contributed by atoms with E-state index in [2.05, 4.69) is 4.99 Å². The van der Waals surface area contributed by atoms with Gasteiger partial charge in [0.25, 0.3) is 5.69 Å². The van der Waals surface area contributed by atoms with Gasteiger partial charge in [0.2, 0.25) is 5.62 Å². The zero-order valence-corrected chi connectivity index (χ0v) is 13.2. The van der Waals surface area contributed by atoms with Gasteiger partial charge in [-0.05, 0) is 0 Å². The molecule has 1 atom stereocenters. The highest BCUT2D eigenvalue weighted by atomic mass is 35.5. The summed E-state index contributed by atoms with van der Waals surface area (Å²) in [6, 6.07) is 0.526. The molecule has 134 valence electrons. The van der Waals surface area contributed by atoms with E-state index in [9.17, 15) is 33.4 Å². The van der Waals surface area contributed by atoms with Crippen molar-refractivity contribution in [3.63, 3.8) is 0 Å². The zero-order valence-electron chi connectivity index (χ0n) is 11.7. The second-order valence-electron chi connectivity index (χ2n) is 4.57. The standard InChI is InChI=1S/C11H6Cl2F3N5O4/c12-7-3-8(17)18-10(13)19(7)9-5(11(14,15)16)1-4(20(22)23)2-6(9)21(24)25/h1-3,10H,(H2,17,18). The Morgan fingerprint density at radius 2 is 1.84 bits per heavy atom. The summed E-state index contributed by atoms with van der Waals surface area (Å²) in [5.74, 6) is -0.209. The van der Waals surface area contributed by atoms with E-state index < -0.39 is 49.4 Å². The average Bonchev–Trinajstić information content (AvgIpc) is 2.44. The molecular weight excluding hydrogens is 394 g/mol. The number of aliphatic imine (C=N–C) groups is 1. The van der Waals surface area contributed by atoms with Crippen molar-refractivity contribution in [3.8, 4) is 0 Å². The van der Waals surface area contributed by atoms with Crippen LogP contribution in [0.2, 0.25) is 0 Å². The van der Waals surface area contributed by atoms with Crippen LogP contribution < -0.4 is 10.6 Å². The topological polar surface area (TPSA) is 128 Å². The lowest BCUT2D eigenvalue weighted by Gasteiger charge is -2.30. The van der Waals surface area contributed by atoms with Gasteiger partial charge in [0.15, 0.2) is 0 Å². The number of non-ortho nitro benzene ring substituents is 1. The third-order valence-electron chi connectivity index (χ3n) is 2.99. The van der Waals surface area contributed by atoms with Crippen LogP contribution >= 0.6 is 23.2 Å². The fourth-order valence-corrected chi connectivity index (χ4v) is 2.70. The first-order chi connectivity index (χ1) is 11.4. The molecule has 1 aliphatic rings. The van der Waals surface area contributed by atoms with E-state index in [1.54, 1.807) is 0 Å². The number of hydrogen-bond acceptors (Lipinski definition) is 7. The summed E-state index contributed by atoms with van der Waals surface area (Å²) in [7, 11) is 0. The van der Waals surface area contributed by atoms with Gasteiger partial charge in [-0.25, -0.2) is 4.99 Å². The average molecular weight is 400 g/mol. The van der Waals surface area contributed by atoms with Crippen molar-refractivity contribution >= 4 is 46.1 Å². The fourth-order valence-electron chi connectivity index (χ4n) is 2.04. The maximum Gasteiger partial charge on any atom is 0.418 e. The SMILES string of the molecule is NC1=NC(Cl)N(c2c([N+](=O)[O-])cc([N+](=O)[O-])cc2C(F)(F)F)C(Cl)=C1. The number of nitrogens with two attached hydrogens (primary N) is 1. The van der Waals surface area contributed by atoms with Crippen molar-refractivity contribution < 1.29 is 23.0 Å². The van der Waals surface area contributed by atoms with Crippen LogP contribution in [0.15, 0.2) is 28.4 Å². The third kappa shape index (κ3) is 3.58. The highest BCUT2D eigenvalue weighted by Gasteiger charge is 2.43. The first-order valence-corrected chi connectivity index (χ1v) is 6.92. The Labute approximate surface area is 146 Å². The molecule has 0 radical (unpaired) electrons. The number of nitro benzene ring substituents is 2. The summed E-state index contributed by atoms with van der Waals surface area (Å²) in [5.41, 5.74) is -1.33. The van der Waals surface area contributed by atoms with Crippen LogP contribution in [0.4, 0.5) is 30.2 Å². The van der Waals surface area contributed by atoms with E-state index in [1.807, 2.05) is 0 Å². The third-order valence-corrected chi connectivity index (χ3v) is 3.58. The predicted molar refractivity (Wildman–Crippen MR) is 82.4 cm³/mol. The molecule has 25 heavy (non-hydrogen) atoms. The predicted octanol–water partition coefficient (Wildman–Crippen LogP) is 3.30. The van der Waals surface area contributed by atoms with Gasteiger partial charge in [0.1, 0.15) is 16.7 Å².